The second-order valence-corrected chi connectivity index (χ2v) is 6.15. The molecule has 1 aromatic heterocycles. The van der Waals surface area contributed by atoms with Crippen LogP contribution in [0.3, 0.4) is 0 Å². The molecule has 2 aromatic carbocycles. The zero-order chi connectivity index (χ0) is 18.2. The number of benzene rings is 2. The molecule has 5 nitrogen and oxygen atoms in total. The molecule has 3 aromatic rings. The van der Waals surface area contributed by atoms with Crippen molar-refractivity contribution in [2.24, 2.45) is 0 Å². The largest absolute Gasteiger partial charge is 0.494 e. The van der Waals surface area contributed by atoms with Crippen molar-refractivity contribution in [1.29, 1.82) is 0 Å². The first kappa shape index (κ1) is 17.7. The molecule has 1 amide bonds. The molecular formula is C21H23N3O2. The Hall–Kier alpha value is -3.08. The van der Waals surface area contributed by atoms with E-state index in [0.29, 0.717) is 18.7 Å². The standard InChI is InChI=1S/C21H23N3O2/c1-16-9-11-18(12-10-16)26-14-6-5-13-22-21(25)19-15-23-24-20(19)17-7-3-2-4-8-17/h2-4,7-12,15H,5-6,13-14H2,1H3,(H,22,25)(H,23,24). The minimum absolute atomic E-state index is 0.114. The highest BCUT2D eigenvalue weighted by Gasteiger charge is 2.14. The molecule has 0 unspecified atom stereocenters. The summed E-state index contributed by atoms with van der Waals surface area (Å²) in [6, 6.07) is 17.7. The average molecular weight is 349 g/mol. The molecule has 0 saturated heterocycles. The van der Waals surface area contributed by atoms with E-state index in [4.69, 9.17) is 4.74 Å². The normalized spacial score (nSPS) is 10.5. The summed E-state index contributed by atoms with van der Waals surface area (Å²) in [6.45, 7) is 3.30. The van der Waals surface area contributed by atoms with E-state index in [1.807, 2.05) is 54.6 Å². The summed E-state index contributed by atoms with van der Waals surface area (Å²) in [4.78, 5) is 12.4. The molecule has 26 heavy (non-hydrogen) atoms. The van der Waals surface area contributed by atoms with E-state index < -0.39 is 0 Å². The summed E-state index contributed by atoms with van der Waals surface area (Å²) in [5.41, 5.74) is 3.47. The highest BCUT2D eigenvalue weighted by Crippen LogP contribution is 2.20. The van der Waals surface area contributed by atoms with Gasteiger partial charge in [-0.05, 0) is 31.9 Å². The molecule has 0 bridgehead atoms. The van der Waals surface area contributed by atoms with Crippen LogP contribution in [0.4, 0.5) is 0 Å². The van der Waals surface area contributed by atoms with Crippen LogP contribution in [0.25, 0.3) is 11.3 Å². The van der Waals surface area contributed by atoms with Gasteiger partial charge in [0.2, 0.25) is 0 Å². The monoisotopic (exact) mass is 349 g/mol. The van der Waals surface area contributed by atoms with Gasteiger partial charge in [0.25, 0.3) is 5.91 Å². The van der Waals surface area contributed by atoms with Crippen LogP contribution in [0.5, 0.6) is 5.75 Å². The highest BCUT2D eigenvalue weighted by molar-refractivity contribution is 5.99. The predicted octanol–water partition coefficient (Wildman–Crippen LogP) is 3.97. The van der Waals surface area contributed by atoms with Crippen molar-refractivity contribution in [2.45, 2.75) is 19.8 Å². The van der Waals surface area contributed by atoms with Gasteiger partial charge in [-0.1, -0.05) is 48.0 Å². The van der Waals surface area contributed by atoms with Crippen molar-refractivity contribution in [3.05, 3.63) is 71.9 Å². The third-order valence-corrected chi connectivity index (χ3v) is 4.09. The molecule has 134 valence electrons. The summed E-state index contributed by atoms with van der Waals surface area (Å²) >= 11 is 0. The number of ether oxygens (including phenoxy) is 1. The first-order valence-electron chi connectivity index (χ1n) is 8.80. The zero-order valence-corrected chi connectivity index (χ0v) is 14.9. The number of aryl methyl sites for hydroxylation is 1. The number of nitrogens with zero attached hydrogens (tertiary/aromatic N) is 1. The van der Waals surface area contributed by atoms with Gasteiger partial charge in [-0.25, -0.2) is 0 Å². The minimum atomic E-state index is -0.114. The van der Waals surface area contributed by atoms with Gasteiger partial charge in [0.15, 0.2) is 0 Å². The fourth-order valence-corrected chi connectivity index (χ4v) is 2.63. The first-order valence-corrected chi connectivity index (χ1v) is 8.80. The van der Waals surface area contributed by atoms with E-state index in [2.05, 4.69) is 22.4 Å². The molecule has 0 atom stereocenters. The number of carbonyl (C=O) groups is 1. The summed E-state index contributed by atoms with van der Waals surface area (Å²) in [7, 11) is 0. The van der Waals surface area contributed by atoms with Crippen LogP contribution in [0, 0.1) is 6.92 Å². The number of carbonyl (C=O) groups excluding carboxylic acids is 1. The predicted molar refractivity (Wildman–Crippen MR) is 102 cm³/mol. The molecule has 1 heterocycles. The molecule has 5 heteroatoms. The summed E-state index contributed by atoms with van der Waals surface area (Å²) in [5, 5.41) is 9.86. The van der Waals surface area contributed by atoms with Crippen molar-refractivity contribution in [3.8, 4) is 17.0 Å². The Labute approximate surface area is 153 Å². The third-order valence-electron chi connectivity index (χ3n) is 4.09. The SMILES string of the molecule is Cc1ccc(OCCCCNC(=O)c2cn[nH]c2-c2ccccc2)cc1. The van der Waals surface area contributed by atoms with Crippen molar-refractivity contribution in [3.63, 3.8) is 0 Å². The quantitative estimate of drug-likeness (QED) is 0.605. The zero-order valence-electron chi connectivity index (χ0n) is 14.9. The maximum Gasteiger partial charge on any atom is 0.255 e. The van der Waals surface area contributed by atoms with E-state index in [0.717, 1.165) is 29.8 Å². The number of nitrogens with one attached hydrogen (secondary N) is 2. The number of unbranched alkanes of at least 4 members (excludes halogenated alkanes) is 1. The summed E-state index contributed by atoms with van der Waals surface area (Å²) in [5.74, 6) is 0.766. The fraction of sp³-hybridized carbons (Fsp3) is 0.238. The van der Waals surface area contributed by atoms with Gasteiger partial charge in [0.05, 0.1) is 24.1 Å². The lowest BCUT2D eigenvalue weighted by Crippen LogP contribution is -2.24. The van der Waals surface area contributed by atoms with Crippen LogP contribution in [0.15, 0.2) is 60.8 Å². The molecule has 0 aliphatic carbocycles. The Bertz CT molecular complexity index is 826. The molecular weight excluding hydrogens is 326 g/mol. The number of aromatic nitrogens is 2. The number of amides is 1. The second-order valence-electron chi connectivity index (χ2n) is 6.15. The van der Waals surface area contributed by atoms with Gasteiger partial charge in [-0.3, -0.25) is 9.89 Å². The van der Waals surface area contributed by atoms with Gasteiger partial charge in [-0.2, -0.15) is 5.10 Å². The van der Waals surface area contributed by atoms with Gasteiger partial charge in [0, 0.05) is 12.1 Å². The van der Waals surface area contributed by atoms with E-state index in [-0.39, 0.29) is 5.91 Å². The Morgan fingerprint density at radius 2 is 1.85 bits per heavy atom. The van der Waals surface area contributed by atoms with Crippen LogP contribution < -0.4 is 10.1 Å². The molecule has 0 aliphatic heterocycles. The Kier molecular flexibility index (Phi) is 6.04. The lowest BCUT2D eigenvalue weighted by atomic mass is 10.1. The minimum Gasteiger partial charge on any atom is -0.494 e. The van der Waals surface area contributed by atoms with Crippen molar-refractivity contribution < 1.29 is 9.53 Å². The Balaban J connectivity index is 1.41. The molecule has 0 aliphatic rings. The molecule has 2 N–H and O–H groups in total. The van der Waals surface area contributed by atoms with Crippen LogP contribution in [-0.2, 0) is 0 Å². The summed E-state index contributed by atoms with van der Waals surface area (Å²) < 4.78 is 5.69. The van der Waals surface area contributed by atoms with Gasteiger partial charge >= 0.3 is 0 Å². The molecule has 3 rings (SSSR count). The number of H-pyrrole nitrogens is 1. The van der Waals surface area contributed by atoms with E-state index in [1.54, 1.807) is 6.20 Å². The smallest absolute Gasteiger partial charge is 0.255 e. The van der Waals surface area contributed by atoms with E-state index in [1.165, 1.54) is 5.56 Å². The van der Waals surface area contributed by atoms with Crippen molar-refractivity contribution in [1.82, 2.24) is 15.5 Å². The number of hydrogen-bond donors (Lipinski definition) is 2. The Morgan fingerprint density at radius 3 is 2.62 bits per heavy atom. The molecule has 0 spiro atoms. The number of aromatic amines is 1. The van der Waals surface area contributed by atoms with Crippen LogP contribution in [0.2, 0.25) is 0 Å². The average Bonchev–Trinajstić information content (AvgIpc) is 3.16. The maximum absolute atomic E-state index is 12.4. The summed E-state index contributed by atoms with van der Waals surface area (Å²) in [6.07, 6.45) is 3.30. The van der Waals surface area contributed by atoms with Gasteiger partial charge < -0.3 is 10.1 Å². The van der Waals surface area contributed by atoms with Crippen molar-refractivity contribution in [2.75, 3.05) is 13.2 Å². The molecule has 0 fully saturated rings. The van der Waals surface area contributed by atoms with Crippen molar-refractivity contribution >= 4 is 5.91 Å². The number of rotatable bonds is 8. The van der Waals surface area contributed by atoms with Crippen LogP contribution in [-0.4, -0.2) is 29.3 Å². The maximum atomic E-state index is 12.4. The van der Waals surface area contributed by atoms with Crippen LogP contribution >= 0.6 is 0 Å². The van der Waals surface area contributed by atoms with Crippen LogP contribution in [0.1, 0.15) is 28.8 Å². The Morgan fingerprint density at radius 1 is 1.08 bits per heavy atom. The second kappa shape index (κ2) is 8.85. The fourth-order valence-electron chi connectivity index (χ4n) is 2.63. The highest BCUT2D eigenvalue weighted by atomic mass is 16.5. The molecule has 0 saturated carbocycles. The lowest BCUT2D eigenvalue weighted by Gasteiger charge is -2.08. The molecule has 0 radical (unpaired) electrons. The van der Waals surface area contributed by atoms with E-state index in [9.17, 15) is 4.79 Å². The van der Waals surface area contributed by atoms with Gasteiger partial charge in [0.1, 0.15) is 5.75 Å². The first-order chi connectivity index (χ1) is 12.7. The van der Waals surface area contributed by atoms with E-state index >= 15 is 0 Å². The number of hydrogen-bond acceptors (Lipinski definition) is 3. The topological polar surface area (TPSA) is 67.0 Å². The van der Waals surface area contributed by atoms with Gasteiger partial charge in [-0.15, -0.1) is 0 Å². The lowest BCUT2D eigenvalue weighted by molar-refractivity contribution is 0.0953. The third kappa shape index (κ3) is 4.72.